The Bertz CT molecular complexity index is 720. The molecule has 2 rings (SSSR count). The lowest BCUT2D eigenvalue weighted by Gasteiger charge is -2.05. The number of thiazole rings is 1. The lowest BCUT2D eigenvalue weighted by molar-refractivity contribution is -0.137. The van der Waals surface area contributed by atoms with Gasteiger partial charge in [0.2, 0.25) is 5.91 Å². The van der Waals surface area contributed by atoms with Crippen molar-refractivity contribution in [1.82, 2.24) is 10.3 Å². The number of nitrogens with one attached hydrogen (secondary N) is 1. The van der Waals surface area contributed by atoms with Crippen LogP contribution in [0.3, 0.4) is 0 Å². The summed E-state index contributed by atoms with van der Waals surface area (Å²) in [5.41, 5.74) is 1.56. The molecule has 0 fully saturated rings. The number of methoxy groups -OCH3 is 1. The highest BCUT2D eigenvalue weighted by molar-refractivity contribution is 7.10. The van der Waals surface area contributed by atoms with Crippen molar-refractivity contribution in [3.8, 4) is 0 Å². The van der Waals surface area contributed by atoms with Gasteiger partial charge in [0.05, 0.1) is 12.1 Å². The Labute approximate surface area is 149 Å². The largest absolute Gasteiger partial charge is 0.480 e. The predicted molar refractivity (Wildman–Crippen MR) is 93.8 cm³/mol. The maximum Gasteiger partial charge on any atom is 0.322 e. The Hall–Kier alpha value is -2.45. The third-order valence-electron chi connectivity index (χ3n) is 3.22. The molecular weight excluding hydrogens is 344 g/mol. The Morgan fingerprint density at radius 1 is 1.36 bits per heavy atom. The van der Waals surface area contributed by atoms with Crippen molar-refractivity contribution in [2.45, 2.75) is 13.3 Å². The first-order chi connectivity index (χ1) is 12.0. The van der Waals surface area contributed by atoms with E-state index < -0.39 is 12.5 Å². The molecule has 1 aliphatic carbocycles. The number of hydrogen-bond donors (Lipinski definition) is 2. The zero-order valence-corrected chi connectivity index (χ0v) is 14.8. The summed E-state index contributed by atoms with van der Waals surface area (Å²) < 4.78 is 10.4. The highest BCUT2D eigenvalue weighted by atomic mass is 32.1. The molecule has 1 heterocycles. The van der Waals surface area contributed by atoms with Crippen molar-refractivity contribution < 1.29 is 24.2 Å². The molecule has 1 aliphatic rings. The third kappa shape index (κ3) is 6.17. The van der Waals surface area contributed by atoms with E-state index in [1.807, 2.05) is 25.2 Å². The van der Waals surface area contributed by atoms with E-state index in [0.717, 1.165) is 16.3 Å². The molecule has 1 atom stereocenters. The number of carbonyl (C=O) groups excluding carboxylic acids is 1. The quantitative estimate of drug-likeness (QED) is 0.685. The van der Waals surface area contributed by atoms with Gasteiger partial charge < -0.3 is 19.9 Å². The number of carboxylic acids is 1. The number of hydrogen-bond acceptors (Lipinski definition) is 6. The number of carbonyl (C=O) groups is 2. The van der Waals surface area contributed by atoms with E-state index in [-0.39, 0.29) is 25.0 Å². The van der Waals surface area contributed by atoms with Crippen molar-refractivity contribution in [1.29, 1.82) is 0 Å². The number of aliphatic carboxylic acids is 1. The van der Waals surface area contributed by atoms with Gasteiger partial charge in [-0.05, 0) is 24.1 Å². The summed E-state index contributed by atoms with van der Waals surface area (Å²) in [4.78, 5) is 26.6. The molecular formula is C17H20N2O5S. The van der Waals surface area contributed by atoms with Gasteiger partial charge in [0.15, 0.2) is 6.79 Å². The summed E-state index contributed by atoms with van der Waals surface area (Å²) in [5, 5.41) is 13.5. The van der Waals surface area contributed by atoms with Gasteiger partial charge >= 0.3 is 5.97 Å². The van der Waals surface area contributed by atoms with Crippen LogP contribution < -0.4 is 5.32 Å². The molecule has 2 N–H and O–H groups in total. The fourth-order valence-electron chi connectivity index (χ4n) is 2.16. The van der Waals surface area contributed by atoms with Crippen molar-refractivity contribution >= 4 is 28.8 Å². The normalized spacial score (nSPS) is 16.6. The highest BCUT2D eigenvalue weighted by Crippen LogP contribution is 2.26. The summed E-state index contributed by atoms with van der Waals surface area (Å²) in [6.07, 6.45) is 7.87. The molecule has 1 amide bonds. The molecule has 0 bridgehead atoms. The van der Waals surface area contributed by atoms with Crippen LogP contribution in [0.25, 0.3) is 5.57 Å². The minimum Gasteiger partial charge on any atom is -0.480 e. The Kier molecular flexibility index (Phi) is 6.91. The van der Waals surface area contributed by atoms with Crippen molar-refractivity contribution in [3.05, 3.63) is 46.1 Å². The van der Waals surface area contributed by atoms with Gasteiger partial charge in [-0.2, -0.15) is 0 Å². The zero-order chi connectivity index (χ0) is 18.2. The fourth-order valence-corrected chi connectivity index (χ4v) is 2.99. The maximum absolute atomic E-state index is 11.7. The molecule has 0 aliphatic heterocycles. The van der Waals surface area contributed by atoms with E-state index in [0.29, 0.717) is 5.69 Å². The molecule has 1 unspecified atom stereocenters. The molecule has 0 saturated heterocycles. The van der Waals surface area contributed by atoms with Gasteiger partial charge in [0, 0.05) is 18.1 Å². The standard InChI is InChI=1S/C17H20N2O5S/c1-11-5-12(3-4-14(6-11)24-10-23-2)17-19-13(9-25-17)7-15(20)18-8-16(21)22/h3-6,9,11H,7-8,10H2,1-2H3,(H,18,20)(H,21,22). The van der Waals surface area contributed by atoms with Gasteiger partial charge in [0.25, 0.3) is 0 Å². The lowest BCUT2D eigenvalue weighted by Crippen LogP contribution is -2.30. The first-order valence-corrected chi connectivity index (χ1v) is 8.52. The van der Waals surface area contributed by atoms with Crippen molar-refractivity contribution in [3.63, 3.8) is 0 Å². The molecule has 7 nitrogen and oxygen atoms in total. The van der Waals surface area contributed by atoms with Crippen LogP contribution in [0, 0.1) is 5.92 Å². The van der Waals surface area contributed by atoms with Crippen LogP contribution in [-0.4, -0.2) is 42.4 Å². The predicted octanol–water partition coefficient (Wildman–Crippen LogP) is 1.98. The molecule has 0 saturated carbocycles. The van der Waals surface area contributed by atoms with Gasteiger partial charge in [0.1, 0.15) is 17.3 Å². The number of aromatic nitrogens is 1. The van der Waals surface area contributed by atoms with Crippen LogP contribution in [0.4, 0.5) is 0 Å². The molecule has 0 aromatic carbocycles. The molecule has 1 aromatic heterocycles. The number of allylic oxidation sites excluding steroid dienone is 5. The monoisotopic (exact) mass is 364 g/mol. The van der Waals surface area contributed by atoms with Crippen LogP contribution in [-0.2, 0) is 25.5 Å². The van der Waals surface area contributed by atoms with Crippen LogP contribution in [0.1, 0.15) is 17.6 Å². The zero-order valence-electron chi connectivity index (χ0n) is 14.0. The van der Waals surface area contributed by atoms with Gasteiger partial charge in [-0.1, -0.05) is 13.0 Å². The summed E-state index contributed by atoms with van der Waals surface area (Å²) in [6, 6.07) is 0. The second-order valence-electron chi connectivity index (χ2n) is 5.43. The van der Waals surface area contributed by atoms with Crippen LogP contribution in [0.2, 0.25) is 0 Å². The molecule has 8 heteroatoms. The van der Waals surface area contributed by atoms with Crippen molar-refractivity contribution in [2.75, 3.05) is 20.4 Å². The van der Waals surface area contributed by atoms with Crippen LogP contribution in [0.5, 0.6) is 0 Å². The van der Waals surface area contributed by atoms with Crippen LogP contribution in [0.15, 0.2) is 35.4 Å². The minimum absolute atomic E-state index is 0.0524. The summed E-state index contributed by atoms with van der Waals surface area (Å²) in [7, 11) is 1.57. The SMILES string of the molecule is COCOC1=CC(C)C=C(c2nc(CC(=O)NCC(=O)O)cs2)C=C1. The van der Waals surface area contributed by atoms with Gasteiger partial charge in [-0.3, -0.25) is 9.59 Å². The lowest BCUT2D eigenvalue weighted by atomic mass is 10.1. The number of nitrogens with zero attached hydrogens (tertiary/aromatic N) is 1. The molecule has 0 spiro atoms. The van der Waals surface area contributed by atoms with Gasteiger partial charge in [-0.15, -0.1) is 11.3 Å². The van der Waals surface area contributed by atoms with Crippen LogP contribution >= 0.6 is 11.3 Å². The van der Waals surface area contributed by atoms with E-state index in [9.17, 15) is 9.59 Å². The van der Waals surface area contributed by atoms with E-state index in [1.54, 1.807) is 12.5 Å². The smallest absolute Gasteiger partial charge is 0.322 e. The summed E-state index contributed by atoms with van der Waals surface area (Å²) in [5.74, 6) is -0.558. The summed E-state index contributed by atoms with van der Waals surface area (Å²) in [6.45, 7) is 1.83. The topological polar surface area (TPSA) is 97.8 Å². The highest BCUT2D eigenvalue weighted by Gasteiger charge is 2.13. The number of amides is 1. The Balaban J connectivity index is 2.02. The van der Waals surface area contributed by atoms with E-state index >= 15 is 0 Å². The van der Waals surface area contributed by atoms with E-state index in [1.165, 1.54) is 11.3 Å². The first-order valence-electron chi connectivity index (χ1n) is 7.64. The Morgan fingerprint density at radius 2 is 2.16 bits per heavy atom. The first kappa shape index (κ1) is 18.9. The van der Waals surface area contributed by atoms with Crippen molar-refractivity contribution in [2.24, 2.45) is 5.92 Å². The second-order valence-corrected chi connectivity index (χ2v) is 6.28. The van der Waals surface area contributed by atoms with E-state index in [2.05, 4.69) is 16.4 Å². The number of carboxylic acid groups (broad SMARTS) is 1. The molecule has 134 valence electrons. The summed E-state index contributed by atoms with van der Waals surface area (Å²) >= 11 is 1.44. The molecule has 0 radical (unpaired) electrons. The molecule has 25 heavy (non-hydrogen) atoms. The Morgan fingerprint density at radius 3 is 2.88 bits per heavy atom. The average molecular weight is 364 g/mol. The number of rotatable bonds is 8. The van der Waals surface area contributed by atoms with Gasteiger partial charge in [-0.25, -0.2) is 4.98 Å². The minimum atomic E-state index is -1.07. The maximum atomic E-state index is 11.7. The fraction of sp³-hybridized carbons (Fsp3) is 0.353. The molecule has 1 aromatic rings. The van der Waals surface area contributed by atoms with E-state index in [4.69, 9.17) is 14.6 Å². The average Bonchev–Trinajstić information content (AvgIpc) is 2.93. The third-order valence-corrected chi connectivity index (χ3v) is 4.16. The number of ether oxygens (including phenoxy) is 2. The second kappa shape index (κ2) is 9.14.